The van der Waals surface area contributed by atoms with Crippen LogP contribution in [-0.2, 0) is 4.79 Å². The van der Waals surface area contributed by atoms with Crippen LogP contribution in [0, 0.1) is 0 Å². The van der Waals surface area contributed by atoms with Gasteiger partial charge in [-0.2, -0.15) is 0 Å². The standard InChI is InChI=1S/C15H23NO3S/c1-15(16-2,14(17)18)10-4-5-11-20-13-8-6-12(19-3)7-9-13/h6-9,16H,4-5,10-11H2,1-3H3,(H,17,18). The number of hydrogen-bond donors (Lipinski definition) is 2. The van der Waals surface area contributed by atoms with Gasteiger partial charge >= 0.3 is 5.97 Å². The fourth-order valence-electron chi connectivity index (χ4n) is 1.78. The van der Waals surface area contributed by atoms with E-state index in [-0.39, 0.29) is 0 Å². The van der Waals surface area contributed by atoms with Gasteiger partial charge in [0.1, 0.15) is 11.3 Å². The molecule has 20 heavy (non-hydrogen) atoms. The van der Waals surface area contributed by atoms with Crippen molar-refractivity contribution in [3.05, 3.63) is 24.3 Å². The second-order valence-electron chi connectivity index (χ2n) is 4.87. The van der Waals surface area contributed by atoms with Crippen molar-refractivity contribution in [2.24, 2.45) is 0 Å². The number of unbranched alkanes of at least 4 members (excludes halogenated alkanes) is 1. The monoisotopic (exact) mass is 297 g/mol. The maximum atomic E-state index is 11.1. The highest BCUT2D eigenvalue weighted by molar-refractivity contribution is 7.99. The molecule has 2 N–H and O–H groups in total. The van der Waals surface area contributed by atoms with Gasteiger partial charge in [0, 0.05) is 4.90 Å². The van der Waals surface area contributed by atoms with Crippen molar-refractivity contribution in [3.63, 3.8) is 0 Å². The van der Waals surface area contributed by atoms with Crippen LogP contribution in [-0.4, -0.2) is 36.5 Å². The van der Waals surface area contributed by atoms with Crippen molar-refractivity contribution in [1.29, 1.82) is 0 Å². The quantitative estimate of drug-likeness (QED) is 0.542. The molecular formula is C15H23NO3S. The Kier molecular flexibility index (Phi) is 6.88. The predicted octanol–water partition coefficient (Wildman–Crippen LogP) is 3.02. The predicted molar refractivity (Wildman–Crippen MR) is 82.7 cm³/mol. The molecule has 0 aliphatic rings. The van der Waals surface area contributed by atoms with E-state index in [1.165, 1.54) is 4.90 Å². The highest BCUT2D eigenvalue weighted by atomic mass is 32.2. The Balaban J connectivity index is 2.26. The fourth-order valence-corrected chi connectivity index (χ4v) is 2.69. The van der Waals surface area contributed by atoms with Crippen LogP contribution in [0.5, 0.6) is 5.75 Å². The van der Waals surface area contributed by atoms with E-state index in [0.29, 0.717) is 6.42 Å². The molecule has 1 atom stereocenters. The topological polar surface area (TPSA) is 58.6 Å². The molecule has 0 radical (unpaired) electrons. The van der Waals surface area contributed by atoms with Gasteiger partial charge in [0.2, 0.25) is 0 Å². The van der Waals surface area contributed by atoms with Gasteiger partial charge in [-0.3, -0.25) is 4.79 Å². The Morgan fingerprint density at radius 3 is 2.50 bits per heavy atom. The third-order valence-electron chi connectivity index (χ3n) is 3.42. The first-order chi connectivity index (χ1) is 9.51. The number of hydrogen-bond acceptors (Lipinski definition) is 4. The maximum absolute atomic E-state index is 11.1. The first-order valence-corrected chi connectivity index (χ1v) is 7.69. The van der Waals surface area contributed by atoms with Gasteiger partial charge in [0.25, 0.3) is 0 Å². The number of carboxylic acid groups (broad SMARTS) is 1. The summed E-state index contributed by atoms with van der Waals surface area (Å²) < 4.78 is 5.11. The van der Waals surface area contributed by atoms with Gasteiger partial charge in [-0.1, -0.05) is 6.42 Å². The Labute approximate surface area is 124 Å². The summed E-state index contributed by atoms with van der Waals surface area (Å²) in [5, 5.41) is 12.0. The number of likely N-dealkylation sites (N-methyl/N-ethyl adjacent to an activating group) is 1. The molecule has 1 rings (SSSR count). The molecule has 0 aliphatic heterocycles. The molecule has 0 amide bonds. The average Bonchev–Trinajstić information content (AvgIpc) is 2.47. The molecule has 5 heteroatoms. The van der Waals surface area contributed by atoms with Gasteiger partial charge < -0.3 is 15.2 Å². The summed E-state index contributed by atoms with van der Waals surface area (Å²) in [5.41, 5.74) is -0.815. The number of carboxylic acids is 1. The maximum Gasteiger partial charge on any atom is 0.323 e. The molecule has 0 fully saturated rings. The lowest BCUT2D eigenvalue weighted by atomic mass is 9.95. The molecule has 112 valence electrons. The third kappa shape index (κ3) is 5.06. The number of methoxy groups -OCH3 is 1. The molecule has 1 unspecified atom stereocenters. The summed E-state index contributed by atoms with van der Waals surface area (Å²) in [4.78, 5) is 12.3. The molecule has 0 aliphatic carbocycles. The van der Waals surface area contributed by atoms with Gasteiger partial charge in [-0.15, -0.1) is 11.8 Å². The molecule has 0 spiro atoms. The summed E-state index contributed by atoms with van der Waals surface area (Å²) in [7, 11) is 3.35. The van der Waals surface area contributed by atoms with E-state index in [0.717, 1.165) is 24.3 Å². The van der Waals surface area contributed by atoms with E-state index < -0.39 is 11.5 Å². The zero-order chi connectivity index (χ0) is 15.0. The number of aliphatic carboxylic acids is 1. The third-order valence-corrected chi connectivity index (χ3v) is 4.52. The van der Waals surface area contributed by atoms with Crippen LogP contribution in [0.3, 0.4) is 0 Å². The Morgan fingerprint density at radius 1 is 1.35 bits per heavy atom. The summed E-state index contributed by atoms with van der Waals surface area (Å²) in [5.74, 6) is 1.06. The fraction of sp³-hybridized carbons (Fsp3) is 0.533. The van der Waals surface area contributed by atoms with Crippen LogP contribution in [0.4, 0.5) is 0 Å². The number of thioether (sulfide) groups is 1. The van der Waals surface area contributed by atoms with Crippen molar-refractivity contribution in [2.45, 2.75) is 36.6 Å². The second kappa shape index (κ2) is 8.17. The zero-order valence-corrected chi connectivity index (χ0v) is 13.1. The molecular weight excluding hydrogens is 274 g/mol. The van der Waals surface area contributed by atoms with Crippen molar-refractivity contribution in [2.75, 3.05) is 19.9 Å². The molecule has 1 aromatic carbocycles. The normalized spacial score (nSPS) is 13.8. The van der Waals surface area contributed by atoms with Crippen molar-refractivity contribution in [3.8, 4) is 5.75 Å². The first-order valence-electron chi connectivity index (χ1n) is 6.71. The van der Waals surface area contributed by atoms with Gasteiger partial charge in [-0.05, 0) is 56.8 Å². The minimum Gasteiger partial charge on any atom is -0.497 e. The first kappa shape index (κ1) is 16.9. The number of carbonyl (C=O) groups is 1. The summed E-state index contributed by atoms with van der Waals surface area (Å²) in [6.45, 7) is 1.73. The van der Waals surface area contributed by atoms with Crippen LogP contribution in [0.2, 0.25) is 0 Å². The largest absolute Gasteiger partial charge is 0.497 e. The molecule has 0 saturated carbocycles. The summed E-state index contributed by atoms with van der Waals surface area (Å²) >= 11 is 1.78. The zero-order valence-electron chi connectivity index (χ0n) is 12.3. The lowest BCUT2D eigenvalue weighted by Crippen LogP contribution is -2.47. The highest BCUT2D eigenvalue weighted by Crippen LogP contribution is 2.23. The van der Waals surface area contributed by atoms with Crippen molar-refractivity contribution < 1.29 is 14.6 Å². The van der Waals surface area contributed by atoms with E-state index in [1.54, 1.807) is 32.8 Å². The molecule has 0 bridgehead atoms. The van der Waals surface area contributed by atoms with E-state index in [9.17, 15) is 4.79 Å². The lowest BCUT2D eigenvalue weighted by molar-refractivity contribution is -0.144. The van der Waals surface area contributed by atoms with Crippen molar-refractivity contribution >= 4 is 17.7 Å². The average molecular weight is 297 g/mol. The molecule has 4 nitrogen and oxygen atoms in total. The van der Waals surface area contributed by atoms with E-state index >= 15 is 0 Å². The Morgan fingerprint density at radius 2 is 2.00 bits per heavy atom. The van der Waals surface area contributed by atoms with Gasteiger partial charge in [0.05, 0.1) is 7.11 Å². The minimum absolute atomic E-state index is 0.641. The molecule has 1 aromatic rings. The highest BCUT2D eigenvalue weighted by Gasteiger charge is 2.29. The second-order valence-corrected chi connectivity index (χ2v) is 6.04. The minimum atomic E-state index is -0.815. The van der Waals surface area contributed by atoms with Gasteiger partial charge in [-0.25, -0.2) is 0 Å². The van der Waals surface area contributed by atoms with Crippen LogP contribution >= 0.6 is 11.8 Å². The molecule has 0 aromatic heterocycles. The Hall–Kier alpha value is -1.20. The molecule has 0 heterocycles. The SMILES string of the molecule is CNC(C)(CCCCSc1ccc(OC)cc1)C(=O)O. The van der Waals surface area contributed by atoms with E-state index in [4.69, 9.17) is 9.84 Å². The van der Waals surface area contributed by atoms with Crippen LogP contribution in [0.1, 0.15) is 26.2 Å². The van der Waals surface area contributed by atoms with E-state index in [1.807, 2.05) is 24.3 Å². The Bertz CT molecular complexity index is 422. The van der Waals surface area contributed by atoms with Crippen LogP contribution in [0.25, 0.3) is 0 Å². The van der Waals surface area contributed by atoms with Crippen LogP contribution < -0.4 is 10.1 Å². The number of benzene rings is 1. The molecule has 0 saturated heterocycles. The number of nitrogens with one attached hydrogen (secondary N) is 1. The summed E-state index contributed by atoms with van der Waals surface area (Å²) in [6, 6.07) is 7.98. The summed E-state index contributed by atoms with van der Waals surface area (Å²) in [6.07, 6.45) is 2.54. The van der Waals surface area contributed by atoms with Crippen molar-refractivity contribution in [1.82, 2.24) is 5.32 Å². The smallest absolute Gasteiger partial charge is 0.323 e. The van der Waals surface area contributed by atoms with Crippen LogP contribution in [0.15, 0.2) is 29.2 Å². The van der Waals surface area contributed by atoms with E-state index in [2.05, 4.69) is 5.32 Å². The number of rotatable bonds is 9. The lowest BCUT2D eigenvalue weighted by Gasteiger charge is -2.23. The van der Waals surface area contributed by atoms with Gasteiger partial charge in [0.15, 0.2) is 0 Å². The number of ether oxygens (including phenoxy) is 1.